The van der Waals surface area contributed by atoms with Gasteiger partial charge in [0.2, 0.25) is 0 Å². The van der Waals surface area contributed by atoms with Gasteiger partial charge in [0, 0.05) is 36.6 Å². The number of fused-ring (bicyclic) bond motifs is 1. The van der Waals surface area contributed by atoms with Crippen LogP contribution >= 0.6 is 0 Å². The van der Waals surface area contributed by atoms with E-state index in [1.807, 2.05) is 43.3 Å². The Balaban J connectivity index is 1.62. The number of carbonyl (C=O) groups is 2. The number of Topliss-reactive ketones (excluding diaryl/α,β-unsaturated/α-hetero) is 2. The molecule has 1 aliphatic carbocycles. The number of hydrogen-bond donors (Lipinski definition) is 0. The van der Waals surface area contributed by atoms with Gasteiger partial charge in [0.05, 0.1) is 0 Å². The van der Waals surface area contributed by atoms with E-state index in [1.54, 1.807) is 0 Å². The monoisotopic (exact) mass is 349 g/mol. The number of likely N-dealkylation sites (tertiary alicyclic amines) is 1. The van der Waals surface area contributed by atoms with E-state index in [9.17, 15) is 9.59 Å². The van der Waals surface area contributed by atoms with Crippen molar-refractivity contribution in [1.82, 2.24) is 4.90 Å². The fourth-order valence-corrected chi connectivity index (χ4v) is 4.21. The Morgan fingerprint density at radius 3 is 2.69 bits per heavy atom. The second-order valence-electron chi connectivity index (χ2n) is 7.93. The molecule has 3 heteroatoms. The van der Waals surface area contributed by atoms with Crippen LogP contribution in [0.5, 0.6) is 0 Å². The lowest BCUT2D eigenvalue weighted by Crippen LogP contribution is -2.39. The van der Waals surface area contributed by atoms with Crippen molar-refractivity contribution in [2.45, 2.75) is 39.0 Å². The summed E-state index contributed by atoms with van der Waals surface area (Å²) in [6.45, 7) is 5.03. The lowest BCUT2D eigenvalue weighted by atomic mass is 9.87. The van der Waals surface area contributed by atoms with Crippen LogP contribution in [-0.4, -0.2) is 36.1 Å². The number of benzene rings is 2. The van der Waals surface area contributed by atoms with Crippen LogP contribution in [0.15, 0.2) is 36.4 Å². The molecule has 0 bridgehead atoms. The first-order valence-corrected chi connectivity index (χ1v) is 9.98. The van der Waals surface area contributed by atoms with Gasteiger partial charge < -0.3 is 4.90 Å². The molecule has 0 radical (unpaired) electrons. The summed E-state index contributed by atoms with van der Waals surface area (Å²) in [7, 11) is 0. The van der Waals surface area contributed by atoms with Crippen molar-refractivity contribution in [3.63, 3.8) is 0 Å². The zero-order valence-electron chi connectivity index (χ0n) is 15.5. The molecule has 0 aromatic heterocycles. The normalized spacial score (nSPS) is 21.0. The number of ketones is 2. The minimum Gasteiger partial charge on any atom is -0.302 e. The first-order chi connectivity index (χ1) is 12.7. The molecule has 2 aliphatic rings. The number of rotatable bonds is 6. The number of hydrogen-bond acceptors (Lipinski definition) is 3. The zero-order valence-corrected chi connectivity index (χ0v) is 15.5. The molecular formula is C23H27NO2. The Bertz CT molecular complexity index is 837. The van der Waals surface area contributed by atoms with E-state index in [0.717, 1.165) is 49.2 Å². The third kappa shape index (κ3) is 3.59. The second kappa shape index (κ2) is 7.32. The third-order valence-electron chi connectivity index (χ3n) is 5.86. The Labute approximate surface area is 155 Å². The quantitative estimate of drug-likeness (QED) is 0.707. The molecule has 1 aliphatic heterocycles. The molecule has 1 saturated heterocycles. The van der Waals surface area contributed by atoms with Crippen LogP contribution in [0.3, 0.4) is 0 Å². The minimum absolute atomic E-state index is 0.0632. The van der Waals surface area contributed by atoms with Crippen LogP contribution in [-0.2, 0) is 0 Å². The molecule has 0 spiro atoms. The topological polar surface area (TPSA) is 37.4 Å². The van der Waals surface area contributed by atoms with Gasteiger partial charge in [-0.3, -0.25) is 9.59 Å². The molecule has 1 unspecified atom stereocenters. The average Bonchev–Trinajstić information content (AvgIpc) is 3.50. The molecule has 0 amide bonds. The lowest BCUT2D eigenvalue weighted by Gasteiger charge is -2.32. The van der Waals surface area contributed by atoms with Crippen LogP contribution in [0.25, 0.3) is 10.8 Å². The molecule has 2 aromatic rings. The Kier molecular flexibility index (Phi) is 4.90. The molecule has 1 heterocycles. The zero-order chi connectivity index (χ0) is 18.1. The largest absolute Gasteiger partial charge is 0.302 e. The summed E-state index contributed by atoms with van der Waals surface area (Å²) in [6.07, 6.45) is 5.21. The minimum atomic E-state index is 0.0632. The standard InChI is InChI=1S/C23H27NO2/c1-2-22(25)21-13-19(12-17-6-3-4-8-20(17)21)23(26)18-7-5-11-24(15-18)14-16-9-10-16/h3-4,6,8,12-13,16,18H,2,5,7,9-11,14-15H2,1H3. The van der Waals surface area contributed by atoms with Gasteiger partial charge in [0.15, 0.2) is 11.6 Å². The summed E-state index contributed by atoms with van der Waals surface area (Å²) in [5, 5.41) is 1.94. The predicted molar refractivity (Wildman–Crippen MR) is 105 cm³/mol. The maximum Gasteiger partial charge on any atom is 0.167 e. The molecule has 136 valence electrons. The molecule has 3 nitrogen and oxygen atoms in total. The summed E-state index contributed by atoms with van der Waals surface area (Å²) >= 11 is 0. The van der Waals surface area contributed by atoms with Crippen LogP contribution in [0, 0.1) is 11.8 Å². The lowest BCUT2D eigenvalue weighted by molar-refractivity contribution is 0.0815. The van der Waals surface area contributed by atoms with E-state index in [2.05, 4.69) is 4.90 Å². The van der Waals surface area contributed by atoms with Crippen molar-refractivity contribution in [2.75, 3.05) is 19.6 Å². The highest BCUT2D eigenvalue weighted by atomic mass is 16.1. The first-order valence-electron chi connectivity index (χ1n) is 9.98. The summed E-state index contributed by atoms with van der Waals surface area (Å²) in [5.41, 5.74) is 1.40. The summed E-state index contributed by atoms with van der Waals surface area (Å²) in [6, 6.07) is 11.7. The van der Waals surface area contributed by atoms with E-state index < -0.39 is 0 Å². The van der Waals surface area contributed by atoms with Gasteiger partial charge >= 0.3 is 0 Å². The molecular weight excluding hydrogens is 322 g/mol. The number of piperidine rings is 1. The van der Waals surface area contributed by atoms with Crippen molar-refractivity contribution in [2.24, 2.45) is 11.8 Å². The van der Waals surface area contributed by atoms with E-state index in [0.29, 0.717) is 17.5 Å². The second-order valence-corrected chi connectivity index (χ2v) is 7.93. The highest BCUT2D eigenvalue weighted by Crippen LogP contribution is 2.32. The van der Waals surface area contributed by atoms with Gasteiger partial charge in [0.1, 0.15) is 0 Å². The average molecular weight is 349 g/mol. The molecule has 4 rings (SSSR count). The Hall–Kier alpha value is -2.00. The van der Waals surface area contributed by atoms with Gasteiger partial charge in [0.25, 0.3) is 0 Å². The van der Waals surface area contributed by atoms with Gasteiger partial charge in [-0.15, -0.1) is 0 Å². The maximum atomic E-state index is 13.2. The van der Waals surface area contributed by atoms with Crippen molar-refractivity contribution >= 4 is 22.3 Å². The predicted octanol–water partition coefficient (Wildman–Crippen LogP) is 4.74. The highest BCUT2D eigenvalue weighted by molar-refractivity contribution is 6.11. The fourth-order valence-electron chi connectivity index (χ4n) is 4.21. The summed E-state index contributed by atoms with van der Waals surface area (Å²) < 4.78 is 0. The van der Waals surface area contributed by atoms with Gasteiger partial charge in [-0.25, -0.2) is 0 Å². The number of carbonyl (C=O) groups excluding carboxylic acids is 2. The van der Waals surface area contributed by atoms with Gasteiger partial charge in [-0.05, 0) is 61.1 Å². The Morgan fingerprint density at radius 2 is 1.92 bits per heavy atom. The van der Waals surface area contributed by atoms with Crippen molar-refractivity contribution in [1.29, 1.82) is 0 Å². The van der Waals surface area contributed by atoms with E-state index in [4.69, 9.17) is 0 Å². The van der Waals surface area contributed by atoms with Gasteiger partial charge in [-0.1, -0.05) is 31.2 Å². The van der Waals surface area contributed by atoms with Crippen molar-refractivity contribution in [3.8, 4) is 0 Å². The van der Waals surface area contributed by atoms with Crippen molar-refractivity contribution < 1.29 is 9.59 Å². The molecule has 1 saturated carbocycles. The smallest absolute Gasteiger partial charge is 0.167 e. The van der Waals surface area contributed by atoms with Crippen LogP contribution in [0.1, 0.15) is 59.7 Å². The highest BCUT2D eigenvalue weighted by Gasteiger charge is 2.31. The van der Waals surface area contributed by atoms with E-state index >= 15 is 0 Å². The molecule has 2 fully saturated rings. The SMILES string of the molecule is CCC(=O)c1cc(C(=O)C2CCCN(CC3CC3)C2)cc2ccccc12. The molecule has 0 N–H and O–H groups in total. The summed E-state index contributed by atoms with van der Waals surface area (Å²) in [5.74, 6) is 1.24. The van der Waals surface area contributed by atoms with Gasteiger partial charge in [-0.2, -0.15) is 0 Å². The van der Waals surface area contributed by atoms with Crippen LogP contribution in [0.2, 0.25) is 0 Å². The maximum absolute atomic E-state index is 13.2. The third-order valence-corrected chi connectivity index (χ3v) is 5.86. The van der Waals surface area contributed by atoms with E-state index in [1.165, 1.54) is 12.8 Å². The Morgan fingerprint density at radius 1 is 1.12 bits per heavy atom. The van der Waals surface area contributed by atoms with Crippen LogP contribution < -0.4 is 0 Å². The van der Waals surface area contributed by atoms with Crippen LogP contribution in [0.4, 0.5) is 0 Å². The molecule has 1 atom stereocenters. The van der Waals surface area contributed by atoms with E-state index in [-0.39, 0.29) is 17.5 Å². The first kappa shape index (κ1) is 17.4. The summed E-state index contributed by atoms with van der Waals surface area (Å²) in [4.78, 5) is 28.1. The molecule has 26 heavy (non-hydrogen) atoms. The molecule has 2 aromatic carbocycles. The number of nitrogens with zero attached hydrogens (tertiary/aromatic N) is 1. The van der Waals surface area contributed by atoms with Crippen molar-refractivity contribution in [3.05, 3.63) is 47.5 Å². The fraction of sp³-hybridized carbons (Fsp3) is 0.478.